The van der Waals surface area contributed by atoms with Crippen molar-refractivity contribution in [3.05, 3.63) is 47.9 Å². The van der Waals surface area contributed by atoms with Crippen LogP contribution < -0.4 is 10.5 Å². The number of hydrogen-bond acceptors (Lipinski definition) is 5. The molecule has 5 nitrogen and oxygen atoms in total. The van der Waals surface area contributed by atoms with Crippen molar-refractivity contribution in [2.24, 2.45) is 0 Å². The predicted molar refractivity (Wildman–Crippen MR) is 67.9 cm³/mol. The first kappa shape index (κ1) is 12.3. The number of aromatic nitrogens is 2. The molecule has 5 heteroatoms. The van der Waals surface area contributed by atoms with E-state index in [2.05, 4.69) is 9.97 Å². The van der Waals surface area contributed by atoms with Crippen molar-refractivity contribution in [3.63, 3.8) is 0 Å². The molecule has 0 saturated heterocycles. The third-order valence-corrected chi connectivity index (χ3v) is 2.38. The van der Waals surface area contributed by atoms with Gasteiger partial charge in [0.05, 0.1) is 38.4 Å². The summed E-state index contributed by atoms with van der Waals surface area (Å²) < 4.78 is 10.7. The lowest BCUT2D eigenvalue weighted by atomic mass is 10.2. The minimum absolute atomic E-state index is 0.407. The Balaban J connectivity index is 1.86. The fraction of sp³-hybridized carbons (Fsp3) is 0.231. The van der Waals surface area contributed by atoms with Crippen molar-refractivity contribution < 1.29 is 9.47 Å². The summed E-state index contributed by atoms with van der Waals surface area (Å²) in [5, 5.41) is 0. The van der Waals surface area contributed by atoms with Crippen LogP contribution in [0.5, 0.6) is 5.75 Å². The summed E-state index contributed by atoms with van der Waals surface area (Å²) in [7, 11) is 1.64. The summed E-state index contributed by atoms with van der Waals surface area (Å²) in [6.45, 7) is 0.910. The van der Waals surface area contributed by atoms with Crippen LogP contribution in [-0.4, -0.2) is 17.1 Å². The Morgan fingerprint density at radius 1 is 1.17 bits per heavy atom. The zero-order valence-corrected chi connectivity index (χ0v) is 10.2. The highest BCUT2D eigenvalue weighted by molar-refractivity contribution is 5.28. The summed E-state index contributed by atoms with van der Waals surface area (Å²) >= 11 is 0. The Labute approximate surface area is 106 Å². The molecule has 0 aliphatic carbocycles. The number of nitrogens with zero attached hydrogens (tertiary/aromatic N) is 2. The van der Waals surface area contributed by atoms with E-state index in [9.17, 15) is 0 Å². The molecule has 0 unspecified atom stereocenters. The van der Waals surface area contributed by atoms with Crippen LogP contribution in [0.25, 0.3) is 0 Å². The number of ether oxygens (including phenoxy) is 2. The lowest BCUT2D eigenvalue weighted by Gasteiger charge is -2.05. The van der Waals surface area contributed by atoms with Crippen LogP contribution in [-0.2, 0) is 18.0 Å². The standard InChI is InChI=1S/C13H15N3O2/c1-17-12-4-2-3-10(5-12)8-18-9-11-6-16-13(14)7-15-11/h2-7H,8-9H2,1H3,(H2,14,16). The monoisotopic (exact) mass is 245 g/mol. The van der Waals surface area contributed by atoms with E-state index in [0.29, 0.717) is 19.0 Å². The van der Waals surface area contributed by atoms with Crippen LogP contribution in [0, 0.1) is 0 Å². The normalized spacial score (nSPS) is 10.3. The number of rotatable bonds is 5. The second-order valence-electron chi connectivity index (χ2n) is 3.78. The quantitative estimate of drug-likeness (QED) is 0.869. The number of nitrogen functional groups attached to an aromatic ring is 1. The zero-order valence-electron chi connectivity index (χ0n) is 10.2. The Kier molecular flexibility index (Phi) is 4.09. The van der Waals surface area contributed by atoms with Gasteiger partial charge in [-0.05, 0) is 17.7 Å². The zero-order chi connectivity index (χ0) is 12.8. The highest BCUT2D eigenvalue weighted by atomic mass is 16.5. The molecule has 0 radical (unpaired) electrons. The Hall–Kier alpha value is -2.14. The number of anilines is 1. The summed E-state index contributed by atoms with van der Waals surface area (Å²) in [6.07, 6.45) is 3.13. The maximum Gasteiger partial charge on any atom is 0.141 e. The first-order valence-electron chi connectivity index (χ1n) is 5.55. The SMILES string of the molecule is COc1cccc(COCc2cnc(N)cn2)c1. The maximum atomic E-state index is 5.55. The fourth-order valence-electron chi connectivity index (χ4n) is 1.47. The highest BCUT2D eigenvalue weighted by Crippen LogP contribution is 2.13. The first-order valence-corrected chi connectivity index (χ1v) is 5.55. The number of nitrogens with two attached hydrogens (primary N) is 1. The van der Waals surface area contributed by atoms with E-state index >= 15 is 0 Å². The van der Waals surface area contributed by atoms with Crippen LogP contribution in [0.4, 0.5) is 5.82 Å². The van der Waals surface area contributed by atoms with Crippen molar-refractivity contribution in [2.75, 3.05) is 12.8 Å². The van der Waals surface area contributed by atoms with Gasteiger partial charge in [-0.3, -0.25) is 4.98 Å². The summed E-state index contributed by atoms with van der Waals surface area (Å²) in [6, 6.07) is 7.75. The molecule has 2 N–H and O–H groups in total. The molecule has 1 aromatic heterocycles. The molecule has 2 rings (SSSR count). The molecule has 94 valence electrons. The van der Waals surface area contributed by atoms with Gasteiger partial charge >= 0.3 is 0 Å². The molecule has 0 spiro atoms. The van der Waals surface area contributed by atoms with Crippen molar-refractivity contribution in [3.8, 4) is 5.75 Å². The lowest BCUT2D eigenvalue weighted by Crippen LogP contribution is -1.99. The van der Waals surface area contributed by atoms with E-state index in [1.807, 2.05) is 24.3 Å². The topological polar surface area (TPSA) is 70.3 Å². The van der Waals surface area contributed by atoms with E-state index in [1.54, 1.807) is 13.3 Å². The fourth-order valence-corrected chi connectivity index (χ4v) is 1.47. The summed E-state index contributed by atoms with van der Waals surface area (Å²) in [4.78, 5) is 8.05. The molecule has 2 aromatic rings. The summed E-state index contributed by atoms with van der Waals surface area (Å²) in [5.41, 5.74) is 7.26. The highest BCUT2D eigenvalue weighted by Gasteiger charge is 1.98. The van der Waals surface area contributed by atoms with Gasteiger partial charge in [-0.25, -0.2) is 4.98 Å². The number of methoxy groups -OCH3 is 1. The van der Waals surface area contributed by atoms with E-state index in [4.69, 9.17) is 15.2 Å². The van der Waals surface area contributed by atoms with Crippen LogP contribution in [0.2, 0.25) is 0 Å². The molecule has 0 saturated carbocycles. The van der Waals surface area contributed by atoms with E-state index in [1.165, 1.54) is 6.20 Å². The number of hydrogen-bond donors (Lipinski definition) is 1. The smallest absolute Gasteiger partial charge is 0.141 e. The maximum absolute atomic E-state index is 5.55. The van der Waals surface area contributed by atoms with Crippen molar-refractivity contribution in [1.82, 2.24) is 9.97 Å². The van der Waals surface area contributed by atoms with E-state index in [-0.39, 0.29) is 0 Å². The first-order chi connectivity index (χ1) is 8.78. The average molecular weight is 245 g/mol. The van der Waals surface area contributed by atoms with Gasteiger partial charge in [0.2, 0.25) is 0 Å². The van der Waals surface area contributed by atoms with Crippen molar-refractivity contribution in [2.45, 2.75) is 13.2 Å². The van der Waals surface area contributed by atoms with E-state index < -0.39 is 0 Å². The van der Waals surface area contributed by atoms with Gasteiger partial charge < -0.3 is 15.2 Å². The Morgan fingerprint density at radius 2 is 2.06 bits per heavy atom. The van der Waals surface area contributed by atoms with Gasteiger partial charge in [-0.1, -0.05) is 12.1 Å². The molecular weight excluding hydrogens is 230 g/mol. The van der Waals surface area contributed by atoms with Gasteiger partial charge in [-0.2, -0.15) is 0 Å². The molecule has 0 aliphatic heterocycles. The predicted octanol–water partition coefficient (Wildman–Crippen LogP) is 1.78. The second-order valence-corrected chi connectivity index (χ2v) is 3.78. The summed E-state index contributed by atoms with van der Waals surface area (Å²) in [5.74, 6) is 1.23. The lowest BCUT2D eigenvalue weighted by molar-refractivity contribution is 0.104. The third-order valence-electron chi connectivity index (χ3n) is 2.38. The minimum Gasteiger partial charge on any atom is -0.497 e. The van der Waals surface area contributed by atoms with Crippen molar-refractivity contribution >= 4 is 5.82 Å². The van der Waals surface area contributed by atoms with Gasteiger partial charge in [0.15, 0.2) is 0 Å². The van der Waals surface area contributed by atoms with E-state index in [0.717, 1.165) is 17.0 Å². The molecule has 1 heterocycles. The van der Waals surface area contributed by atoms with Crippen LogP contribution >= 0.6 is 0 Å². The Morgan fingerprint density at radius 3 is 2.78 bits per heavy atom. The molecule has 0 aliphatic rings. The number of benzene rings is 1. The van der Waals surface area contributed by atoms with Crippen LogP contribution in [0.1, 0.15) is 11.3 Å². The van der Waals surface area contributed by atoms with Crippen molar-refractivity contribution in [1.29, 1.82) is 0 Å². The van der Waals surface area contributed by atoms with Gasteiger partial charge in [0, 0.05) is 0 Å². The third kappa shape index (κ3) is 3.43. The van der Waals surface area contributed by atoms with Gasteiger partial charge in [0.1, 0.15) is 11.6 Å². The molecular formula is C13H15N3O2. The molecule has 0 bridgehead atoms. The average Bonchev–Trinajstić information content (AvgIpc) is 2.41. The Bertz CT molecular complexity index is 500. The van der Waals surface area contributed by atoms with Crippen LogP contribution in [0.15, 0.2) is 36.7 Å². The molecule has 0 atom stereocenters. The largest absolute Gasteiger partial charge is 0.497 e. The molecule has 0 fully saturated rings. The molecule has 0 amide bonds. The minimum atomic E-state index is 0.407. The molecule has 1 aromatic carbocycles. The van der Waals surface area contributed by atoms with Gasteiger partial charge in [0.25, 0.3) is 0 Å². The van der Waals surface area contributed by atoms with Crippen LogP contribution in [0.3, 0.4) is 0 Å². The molecule has 18 heavy (non-hydrogen) atoms. The van der Waals surface area contributed by atoms with Gasteiger partial charge in [-0.15, -0.1) is 0 Å². The second kappa shape index (κ2) is 5.97.